The van der Waals surface area contributed by atoms with Gasteiger partial charge < -0.3 is 5.32 Å². The van der Waals surface area contributed by atoms with Gasteiger partial charge in [-0.3, -0.25) is 0 Å². The molecule has 0 aliphatic carbocycles. The number of halogens is 1. The molecule has 30 heavy (non-hydrogen) atoms. The second-order valence-electron chi connectivity index (χ2n) is 7.09. The number of para-hydroxylation sites is 2. The summed E-state index contributed by atoms with van der Waals surface area (Å²) >= 11 is 0. The van der Waals surface area contributed by atoms with Crippen molar-refractivity contribution in [2.24, 2.45) is 0 Å². The summed E-state index contributed by atoms with van der Waals surface area (Å²) in [6, 6.07) is 34.9. The lowest BCUT2D eigenvalue weighted by molar-refractivity contribution is 0.628. The fourth-order valence-electron chi connectivity index (χ4n) is 3.71. The molecule has 1 N–H and O–H groups in total. The first kappa shape index (κ1) is 18.1. The Balaban J connectivity index is 1.85. The smallest absolute Gasteiger partial charge is 0.123 e. The van der Waals surface area contributed by atoms with E-state index >= 15 is 0 Å². The van der Waals surface area contributed by atoms with E-state index in [9.17, 15) is 4.39 Å². The minimum Gasteiger partial charge on any atom is -0.354 e. The number of nitrogens with one attached hydrogen (secondary N) is 1. The van der Waals surface area contributed by atoms with E-state index in [1.165, 1.54) is 12.1 Å². The zero-order chi connectivity index (χ0) is 20.3. The van der Waals surface area contributed by atoms with Crippen molar-refractivity contribution in [2.45, 2.75) is 0 Å². The second-order valence-corrected chi connectivity index (χ2v) is 7.09. The van der Waals surface area contributed by atoms with Crippen LogP contribution in [-0.4, -0.2) is 4.98 Å². The van der Waals surface area contributed by atoms with Gasteiger partial charge in [0.25, 0.3) is 0 Å². The Morgan fingerprint density at radius 3 is 1.97 bits per heavy atom. The fourth-order valence-corrected chi connectivity index (χ4v) is 3.71. The number of benzene rings is 4. The maximum atomic E-state index is 13.6. The lowest BCUT2D eigenvalue weighted by atomic mass is 9.95. The van der Waals surface area contributed by atoms with Gasteiger partial charge in [0, 0.05) is 22.2 Å². The minimum absolute atomic E-state index is 0.261. The summed E-state index contributed by atoms with van der Waals surface area (Å²) in [6.45, 7) is 0. The average molecular weight is 390 g/mol. The largest absolute Gasteiger partial charge is 0.354 e. The van der Waals surface area contributed by atoms with E-state index in [1.807, 2.05) is 66.7 Å². The third-order valence-electron chi connectivity index (χ3n) is 5.12. The normalized spacial score (nSPS) is 10.8. The van der Waals surface area contributed by atoms with Gasteiger partial charge in [-0.2, -0.15) is 0 Å². The molecule has 0 unspecified atom stereocenters. The summed E-state index contributed by atoms with van der Waals surface area (Å²) in [5.41, 5.74) is 6.59. The SMILES string of the molecule is Fc1ccc(-c2nc3ccccc3c(Nc3ccccc3)c2-c2ccccc2)cc1. The third kappa shape index (κ3) is 3.42. The number of pyridine rings is 1. The zero-order valence-corrected chi connectivity index (χ0v) is 16.2. The third-order valence-corrected chi connectivity index (χ3v) is 5.12. The minimum atomic E-state index is -0.261. The molecule has 0 aliphatic heterocycles. The maximum Gasteiger partial charge on any atom is 0.123 e. The Labute approximate surface area is 174 Å². The Hall–Kier alpha value is -3.98. The van der Waals surface area contributed by atoms with Crippen molar-refractivity contribution >= 4 is 22.3 Å². The van der Waals surface area contributed by atoms with Crippen molar-refractivity contribution in [3.63, 3.8) is 0 Å². The van der Waals surface area contributed by atoms with E-state index in [0.29, 0.717) is 0 Å². The first-order valence-electron chi connectivity index (χ1n) is 9.86. The molecule has 144 valence electrons. The highest BCUT2D eigenvalue weighted by atomic mass is 19.1. The standard InChI is InChI=1S/C27H19FN2/c28-21-17-15-20(16-18-21)26-25(19-9-3-1-4-10-19)27(29-22-11-5-2-6-12-22)23-13-7-8-14-24(23)30-26/h1-18H,(H,29,30). The van der Waals surface area contributed by atoms with Crippen molar-refractivity contribution in [3.05, 3.63) is 115 Å². The first-order chi connectivity index (χ1) is 14.8. The van der Waals surface area contributed by atoms with Crippen molar-refractivity contribution in [2.75, 3.05) is 5.32 Å². The van der Waals surface area contributed by atoms with Gasteiger partial charge in [0.2, 0.25) is 0 Å². The van der Waals surface area contributed by atoms with E-state index in [2.05, 4.69) is 23.5 Å². The number of hydrogen-bond acceptors (Lipinski definition) is 2. The Bertz CT molecular complexity index is 1300. The molecule has 0 saturated heterocycles. The summed E-state index contributed by atoms with van der Waals surface area (Å²) in [7, 11) is 0. The molecular formula is C27H19FN2. The van der Waals surface area contributed by atoms with E-state index < -0.39 is 0 Å². The first-order valence-corrected chi connectivity index (χ1v) is 9.86. The molecule has 1 heterocycles. The van der Waals surface area contributed by atoms with Crippen molar-refractivity contribution < 1.29 is 4.39 Å². The van der Waals surface area contributed by atoms with Crippen LogP contribution in [0.2, 0.25) is 0 Å². The number of fused-ring (bicyclic) bond motifs is 1. The Kier molecular flexibility index (Phi) is 4.70. The Morgan fingerprint density at radius 1 is 0.600 bits per heavy atom. The molecule has 1 aromatic heterocycles. The molecule has 5 rings (SSSR count). The van der Waals surface area contributed by atoms with E-state index in [-0.39, 0.29) is 5.82 Å². The number of hydrogen-bond donors (Lipinski definition) is 1. The quantitative estimate of drug-likeness (QED) is 0.345. The van der Waals surface area contributed by atoms with Crippen molar-refractivity contribution in [1.82, 2.24) is 4.98 Å². The van der Waals surface area contributed by atoms with Gasteiger partial charge in [-0.1, -0.05) is 66.7 Å². The summed E-state index contributed by atoms with van der Waals surface area (Å²) in [5.74, 6) is -0.261. The summed E-state index contributed by atoms with van der Waals surface area (Å²) in [4.78, 5) is 4.99. The molecule has 0 spiro atoms. The molecule has 0 atom stereocenters. The fraction of sp³-hybridized carbons (Fsp3) is 0. The van der Waals surface area contributed by atoms with Crippen LogP contribution in [-0.2, 0) is 0 Å². The summed E-state index contributed by atoms with van der Waals surface area (Å²) in [5, 5.41) is 4.65. The molecule has 0 amide bonds. The lowest BCUT2D eigenvalue weighted by Gasteiger charge is -2.19. The van der Waals surface area contributed by atoms with Gasteiger partial charge in [0.05, 0.1) is 16.9 Å². The van der Waals surface area contributed by atoms with Gasteiger partial charge in [-0.15, -0.1) is 0 Å². The van der Waals surface area contributed by atoms with Crippen LogP contribution >= 0.6 is 0 Å². The topological polar surface area (TPSA) is 24.9 Å². The predicted molar refractivity (Wildman–Crippen MR) is 122 cm³/mol. The van der Waals surface area contributed by atoms with Crippen molar-refractivity contribution in [1.29, 1.82) is 0 Å². The van der Waals surface area contributed by atoms with Crippen LogP contribution in [0.15, 0.2) is 109 Å². The zero-order valence-electron chi connectivity index (χ0n) is 16.2. The highest BCUT2D eigenvalue weighted by molar-refractivity contribution is 6.06. The highest BCUT2D eigenvalue weighted by Crippen LogP contribution is 2.42. The molecule has 5 aromatic rings. The average Bonchev–Trinajstić information content (AvgIpc) is 2.80. The van der Waals surface area contributed by atoms with Gasteiger partial charge in [-0.25, -0.2) is 9.37 Å². The predicted octanol–water partition coefficient (Wildman–Crippen LogP) is 7.45. The number of anilines is 2. The Morgan fingerprint density at radius 2 is 1.23 bits per heavy atom. The van der Waals surface area contributed by atoms with Crippen LogP contribution in [0.5, 0.6) is 0 Å². The van der Waals surface area contributed by atoms with Crippen LogP contribution in [0.25, 0.3) is 33.3 Å². The molecular weight excluding hydrogens is 371 g/mol. The monoisotopic (exact) mass is 390 g/mol. The van der Waals surface area contributed by atoms with Gasteiger partial charge in [0.1, 0.15) is 5.82 Å². The van der Waals surface area contributed by atoms with Gasteiger partial charge in [0.15, 0.2) is 0 Å². The molecule has 0 fully saturated rings. The number of rotatable bonds is 4. The van der Waals surface area contributed by atoms with Crippen LogP contribution < -0.4 is 5.32 Å². The number of aromatic nitrogens is 1. The molecule has 0 aliphatic rings. The van der Waals surface area contributed by atoms with Crippen LogP contribution in [0.3, 0.4) is 0 Å². The summed E-state index contributed by atoms with van der Waals surface area (Å²) < 4.78 is 13.6. The van der Waals surface area contributed by atoms with Crippen LogP contribution in [0.1, 0.15) is 0 Å². The molecule has 0 radical (unpaired) electrons. The molecule has 0 saturated carbocycles. The van der Waals surface area contributed by atoms with Crippen molar-refractivity contribution in [3.8, 4) is 22.4 Å². The van der Waals surface area contributed by atoms with E-state index in [0.717, 1.165) is 44.7 Å². The molecule has 2 nitrogen and oxygen atoms in total. The van der Waals surface area contributed by atoms with Crippen LogP contribution in [0.4, 0.5) is 15.8 Å². The highest BCUT2D eigenvalue weighted by Gasteiger charge is 2.18. The van der Waals surface area contributed by atoms with Gasteiger partial charge >= 0.3 is 0 Å². The van der Waals surface area contributed by atoms with E-state index in [4.69, 9.17) is 4.98 Å². The number of nitrogens with zero attached hydrogens (tertiary/aromatic N) is 1. The maximum absolute atomic E-state index is 13.6. The molecule has 0 bridgehead atoms. The van der Waals surface area contributed by atoms with E-state index in [1.54, 1.807) is 12.1 Å². The van der Waals surface area contributed by atoms with Crippen LogP contribution in [0, 0.1) is 5.82 Å². The summed E-state index contributed by atoms with van der Waals surface area (Å²) in [6.07, 6.45) is 0. The van der Waals surface area contributed by atoms with Gasteiger partial charge in [-0.05, 0) is 48.0 Å². The second kappa shape index (κ2) is 7.80. The molecule has 4 aromatic carbocycles. The molecule has 3 heteroatoms. The lowest BCUT2D eigenvalue weighted by Crippen LogP contribution is -2.00.